The van der Waals surface area contributed by atoms with Gasteiger partial charge in [0.25, 0.3) is 0 Å². The van der Waals surface area contributed by atoms with Crippen LogP contribution in [0.25, 0.3) is 0 Å². The summed E-state index contributed by atoms with van der Waals surface area (Å²) < 4.78 is 0.981. The highest BCUT2D eigenvalue weighted by atomic mass is 79.9. The molecule has 1 heterocycles. The molecular formula is C12H14BrNO3S. The largest absolute Gasteiger partial charge is 0.480 e. The summed E-state index contributed by atoms with van der Waals surface area (Å²) >= 11 is 4.86. The first-order valence-electron chi connectivity index (χ1n) is 5.77. The molecule has 2 rings (SSSR count). The smallest absolute Gasteiger partial charge is 0.326 e. The van der Waals surface area contributed by atoms with E-state index >= 15 is 0 Å². The van der Waals surface area contributed by atoms with Gasteiger partial charge in [-0.25, -0.2) is 4.79 Å². The van der Waals surface area contributed by atoms with Crippen molar-refractivity contribution in [3.05, 3.63) is 20.8 Å². The molecule has 1 aromatic heterocycles. The molecule has 1 atom stereocenters. The van der Waals surface area contributed by atoms with Crippen LogP contribution in [-0.2, 0) is 16.0 Å². The van der Waals surface area contributed by atoms with Gasteiger partial charge in [0.2, 0.25) is 5.91 Å². The van der Waals surface area contributed by atoms with Crippen molar-refractivity contribution in [1.82, 2.24) is 4.90 Å². The summed E-state index contributed by atoms with van der Waals surface area (Å²) in [6.07, 6.45) is 2.11. The molecule has 4 nitrogen and oxygen atoms in total. The Morgan fingerprint density at radius 2 is 2.22 bits per heavy atom. The van der Waals surface area contributed by atoms with Gasteiger partial charge in [-0.15, -0.1) is 11.3 Å². The maximum atomic E-state index is 12.2. The quantitative estimate of drug-likeness (QED) is 0.901. The van der Waals surface area contributed by atoms with E-state index in [1.165, 1.54) is 16.2 Å². The molecule has 1 aliphatic rings. The van der Waals surface area contributed by atoms with Crippen molar-refractivity contribution in [2.45, 2.75) is 38.3 Å². The summed E-state index contributed by atoms with van der Waals surface area (Å²) in [4.78, 5) is 25.7. The molecule has 98 valence electrons. The number of amides is 1. The second kappa shape index (κ2) is 5.40. The predicted molar refractivity (Wildman–Crippen MR) is 72.7 cm³/mol. The van der Waals surface area contributed by atoms with Crippen LogP contribution < -0.4 is 0 Å². The van der Waals surface area contributed by atoms with Crippen molar-refractivity contribution < 1.29 is 14.7 Å². The third kappa shape index (κ3) is 3.11. The molecule has 1 unspecified atom stereocenters. The van der Waals surface area contributed by atoms with Gasteiger partial charge in [-0.05, 0) is 47.8 Å². The molecule has 6 heteroatoms. The lowest BCUT2D eigenvalue weighted by atomic mass is 10.2. The molecule has 1 fully saturated rings. The van der Waals surface area contributed by atoms with Crippen LogP contribution in [0.4, 0.5) is 0 Å². The SMILES string of the molecule is CC(C(=O)O)N(C(=O)Cc1ccc(Br)s1)C1CC1. The third-order valence-electron chi connectivity index (χ3n) is 2.96. The first-order valence-corrected chi connectivity index (χ1v) is 7.38. The van der Waals surface area contributed by atoms with E-state index in [1.54, 1.807) is 6.92 Å². The first-order chi connectivity index (χ1) is 8.49. The van der Waals surface area contributed by atoms with Crippen LogP contribution in [0.5, 0.6) is 0 Å². The van der Waals surface area contributed by atoms with Crippen molar-refractivity contribution in [3.63, 3.8) is 0 Å². The fraction of sp³-hybridized carbons (Fsp3) is 0.500. The van der Waals surface area contributed by atoms with Crippen LogP contribution >= 0.6 is 27.3 Å². The number of thiophene rings is 1. The van der Waals surface area contributed by atoms with Gasteiger partial charge < -0.3 is 10.0 Å². The number of halogens is 1. The Balaban J connectivity index is 2.06. The number of carbonyl (C=O) groups excluding carboxylic acids is 1. The van der Waals surface area contributed by atoms with Crippen molar-refractivity contribution in [1.29, 1.82) is 0 Å². The Bertz CT molecular complexity index is 470. The molecule has 0 radical (unpaired) electrons. The lowest BCUT2D eigenvalue weighted by Gasteiger charge is -2.26. The van der Waals surface area contributed by atoms with Gasteiger partial charge in [0.05, 0.1) is 10.2 Å². The number of carboxylic acids is 1. The lowest BCUT2D eigenvalue weighted by Crippen LogP contribution is -2.45. The first kappa shape index (κ1) is 13.5. The van der Waals surface area contributed by atoms with Crippen LogP contribution in [0.15, 0.2) is 15.9 Å². The second-order valence-electron chi connectivity index (χ2n) is 4.43. The molecule has 0 saturated heterocycles. The molecular weight excluding hydrogens is 318 g/mol. The standard InChI is InChI=1S/C12H14BrNO3S/c1-7(12(16)17)14(8-2-3-8)11(15)6-9-4-5-10(13)18-9/h4-5,7-8H,2-3,6H2,1H3,(H,16,17). The minimum atomic E-state index is -0.942. The Kier molecular flexibility index (Phi) is 4.07. The minimum absolute atomic E-state index is 0.0956. The zero-order valence-electron chi connectivity index (χ0n) is 9.93. The molecule has 0 bridgehead atoms. The maximum Gasteiger partial charge on any atom is 0.326 e. The minimum Gasteiger partial charge on any atom is -0.480 e. The summed E-state index contributed by atoms with van der Waals surface area (Å²) in [5.41, 5.74) is 0. The number of aliphatic carboxylic acids is 1. The monoisotopic (exact) mass is 331 g/mol. The van der Waals surface area contributed by atoms with Gasteiger partial charge in [0.15, 0.2) is 0 Å². The highest BCUT2D eigenvalue weighted by Gasteiger charge is 2.38. The number of hydrogen-bond donors (Lipinski definition) is 1. The highest BCUT2D eigenvalue weighted by Crippen LogP contribution is 2.30. The highest BCUT2D eigenvalue weighted by molar-refractivity contribution is 9.11. The Morgan fingerprint density at radius 3 is 2.67 bits per heavy atom. The molecule has 1 amide bonds. The average molecular weight is 332 g/mol. The molecule has 0 aliphatic heterocycles. The number of carbonyl (C=O) groups is 2. The molecule has 1 aromatic rings. The van der Waals surface area contributed by atoms with E-state index in [9.17, 15) is 9.59 Å². The lowest BCUT2D eigenvalue weighted by molar-refractivity contribution is -0.149. The Morgan fingerprint density at radius 1 is 1.56 bits per heavy atom. The van der Waals surface area contributed by atoms with E-state index < -0.39 is 12.0 Å². The Labute approximate surface area is 118 Å². The zero-order chi connectivity index (χ0) is 13.3. The average Bonchev–Trinajstić information content (AvgIpc) is 3.03. The number of rotatable bonds is 5. The van der Waals surface area contributed by atoms with Crippen LogP contribution in [0.2, 0.25) is 0 Å². The summed E-state index contributed by atoms with van der Waals surface area (Å²) in [5.74, 6) is -1.04. The third-order valence-corrected chi connectivity index (χ3v) is 4.58. The van der Waals surface area contributed by atoms with Gasteiger partial charge in [0, 0.05) is 10.9 Å². The van der Waals surface area contributed by atoms with Gasteiger partial charge in [-0.3, -0.25) is 4.79 Å². The van der Waals surface area contributed by atoms with Crippen molar-refractivity contribution in [2.24, 2.45) is 0 Å². The van der Waals surface area contributed by atoms with Crippen molar-refractivity contribution in [2.75, 3.05) is 0 Å². The normalized spacial score (nSPS) is 16.3. The van der Waals surface area contributed by atoms with Crippen LogP contribution in [0.1, 0.15) is 24.6 Å². The van der Waals surface area contributed by atoms with E-state index in [2.05, 4.69) is 15.9 Å². The fourth-order valence-electron chi connectivity index (χ4n) is 1.89. The molecule has 0 spiro atoms. The molecule has 1 saturated carbocycles. The van der Waals surface area contributed by atoms with Gasteiger partial charge in [-0.1, -0.05) is 0 Å². The summed E-state index contributed by atoms with van der Waals surface area (Å²) in [7, 11) is 0. The summed E-state index contributed by atoms with van der Waals surface area (Å²) in [6.45, 7) is 1.57. The van der Waals surface area contributed by atoms with Gasteiger partial charge in [-0.2, -0.15) is 0 Å². The predicted octanol–water partition coefficient (Wildman–Crippen LogP) is 2.52. The van der Waals surface area contributed by atoms with Gasteiger partial charge in [0.1, 0.15) is 6.04 Å². The van der Waals surface area contributed by atoms with E-state index in [1.807, 2.05) is 12.1 Å². The second-order valence-corrected chi connectivity index (χ2v) is 6.98. The molecule has 18 heavy (non-hydrogen) atoms. The summed E-state index contributed by atoms with van der Waals surface area (Å²) in [6, 6.07) is 3.17. The fourth-order valence-corrected chi connectivity index (χ4v) is 3.37. The Hall–Kier alpha value is -0.880. The van der Waals surface area contributed by atoms with Crippen LogP contribution in [0, 0.1) is 0 Å². The zero-order valence-corrected chi connectivity index (χ0v) is 12.3. The van der Waals surface area contributed by atoms with E-state index in [4.69, 9.17) is 5.11 Å². The maximum absolute atomic E-state index is 12.2. The molecule has 1 aliphatic carbocycles. The van der Waals surface area contributed by atoms with E-state index in [-0.39, 0.29) is 18.4 Å². The number of hydrogen-bond acceptors (Lipinski definition) is 3. The van der Waals surface area contributed by atoms with Crippen molar-refractivity contribution in [3.8, 4) is 0 Å². The van der Waals surface area contributed by atoms with E-state index in [0.29, 0.717) is 0 Å². The number of carboxylic acid groups (broad SMARTS) is 1. The van der Waals surface area contributed by atoms with Gasteiger partial charge >= 0.3 is 5.97 Å². The van der Waals surface area contributed by atoms with Crippen molar-refractivity contribution >= 4 is 39.1 Å². The number of nitrogens with zero attached hydrogens (tertiary/aromatic N) is 1. The summed E-state index contributed by atoms with van der Waals surface area (Å²) in [5, 5.41) is 9.05. The van der Waals surface area contributed by atoms with Crippen LogP contribution in [-0.4, -0.2) is 34.0 Å². The van der Waals surface area contributed by atoms with E-state index in [0.717, 1.165) is 21.5 Å². The molecule has 1 N–H and O–H groups in total. The molecule has 0 aromatic carbocycles. The topological polar surface area (TPSA) is 57.6 Å². The van der Waals surface area contributed by atoms with Crippen LogP contribution in [0.3, 0.4) is 0 Å².